The minimum atomic E-state index is -0.729. The summed E-state index contributed by atoms with van der Waals surface area (Å²) in [6, 6.07) is 9.13. The Morgan fingerprint density at radius 3 is 3.05 bits per heavy atom. The number of nitriles is 1. The number of carbonyl (C=O) groups excluding carboxylic acids is 1. The van der Waals surface area contributed by atoms with Crippen molar-refractivity contribution >= 4 is 29.0 Å². The van der Waals surface area contributed by atoms with E-state index >= 15 is 0 Å². The van der Waals surface area contributed by atoms with E-state index in [0.29, 0.717) is 11.1 Å². The smallest absolute Gasteiger partial charge is 0.365 e. The van der Waals surface area contributed by atoms with Crippen LogP contribution in [0.2, 0.25) is 0 Å². The van der Waals surface area contributed by atoms with E-state index in [-0.39, 0.29) is 24.2 Å². The van der Waals surface area contributed by atoms with Crippen molar-refractivity contribution in [1.29, 1.82) is 5.26 Å². The summed E-state index contributed by atoms with van der Waals surface area (Å²) >= 11 is 0. The van der Waals surface area contributed by atoms with Crippen LogP contribution in [-0.4, -0.2) is 23.5 Å². The largest absolute Gasteiger partial charge is 0.462 e. The average molecular weight is 300 g/mol. The molecule has 0 spiro atoms. The first-order chi connectivity index (χ1) is 10.6. The number of nitrogens with zero attached hydrogens (tertiary/aromatic N) is 2. The van der Waals surface area contributed by atoms with Gasteiger partial charge in [0.2, 0.25) is 0 Å². The molecule has 0 fully saturated rings. The monoisotopic (exact) mass is 300 g/mol. The second-order valence-corrected chi connectivity index (χ2v) is 4.06. The lowest BCUT2D eigenvalue weighted by Crippen LogP contribution is -2.72. The minimum Gasteiger partial charge on any atom is -0.462 e. The van der Waals surface area contributed by atoms with Crippen LogP contribution in [0.4, 0.5) is 6.01 Å². The van der Waals surface area contributed by atoms with E-state index in [0.717, 1.165) is 6.20 Å². The highest BCUT2D eigenvalue weighted by molar-refractivity contribution is 5.92. The summed E-state index contributed by atoms with van der Waals surface area (Å²) in [7, 11) is 0. The normalized spacial score (nSPS) is 12.0. The minimum absolute atomic E-state index is 0.0450. The van der Waals surface area contributed by atoms with Crippen molar-refractivity contribution in [3.63, 3.8) is 0 Å². The van der Waals surface area contributed by atoms with Gasteiger partial charge in [0.15, 0.2) is 11.2 Å². The summed E-state index contributed by atoms with van der Waals surface area (Å²) in [4.78, 5) is 18.1. The molecule has 22 heavy (non-hydrogen) atoms. The number of oxazole rings is 1. The van der Waals surface area contributed by atoms with Crippen LogP contribution in [0.15, 0.2) is 40.5 Å². The fourth-order valence-corrected chi connectivity index (χ4v) is 1.57. The van der Waals surface area contributed by atoms with E-state index in [4.69, 9.17) is 20.1 Å². The van der Waals surface area contributed by atoms with Crippen molar-refractivity contribution in [2.24, 2.45) is 5.73 Å². The van der Waals surface area contributed by atoms with E-state index in [1.165, 1.54) is 0 Å². The molecule has 0 aliphatic heterocycles. The van der Waals surface area contributed by atoms with Gasteiger partial charge in [-0.2, -0.15) is 15.6 Å². The van der Waals surface area contributed by atoms with Crippen molar-refractivity contribution < 1.29 is 18.9 Å². The lowest BCUT2D eigenvalue weighted by atomic mass is 10.3. The molecule has 0 aliphatic rings. The van der Waals surface area contributed by atoms with Crippen LogP contribution in [0.5, 0.6) is 0 Å². The van der Waals surface area contributed by atoms with Gasteiger partial charge in [0.25, 0.3) is 0 Å². The molecule has 2 rings (SSSR count). The molecule has 0 saturated heterocycles. The lowest BCUT2D eigenvalue weighted by molar-refractivity contribution is -0.374. The molecule has 2 aromatic rings. The SMILES string of the molecule is CCOC(=O)/C(C#N)=C/[NH+]=C(N)Nc1nc2ccccc2o1. The van der Waals surface area contributed by atoms with Crippen LogP contribution >= 0.6 is 0 Å². The van der Waals surface area contributed by atoms with Gasteiger partial charge in [-0.05, 0) is 19.1 Å². The number of nitrogens with one attached hydrogen (secondary N) is 2. The van der Waals surface area contributed by atoms with Gasteiger partial charge in [0.05, 0.1) is 12.8 Å². The first-order valence-corrected chi connectivity index (χ1v) is 6.43. The Morgan fingerprint density at radius 1 is 1.59 bits per heavy atom. The van der Waals surface area contributed by atoms with Crippen LogP contribution < -0.4 is 16.0 Å². The van der Waals surface area contributed by atoms with Crippen molar-refractivity contribution in [3.05, 3.63) is 36.0 Å². The molecule has 0 bridgehead atoms. The van der Waals surface area contributed by atoms with E-state index in [1.54, 1.807) is 25.1 Å². The third-order valence-corrected chi connectivity index (χ3v) is 2.52. The van der Waals surface area contributed by atoms with Gasteiger partial charge < -0.3 is 9.15 Å². The van der Waals surface area contributed by atoms with Gasteiger partial charge in [-0.3, -0.25) is 10.7 Å². The molecule has 1 heterocycles. The van der Waals surface area contributed by atoms with Crippen LogP contribution in [0.1, 0.15) is 6.92 Å². The molecular weight excluding hydrogens is 286 g/mol. The number of aromatic nitrogens is 1. The summed E-state index contributed by atoms with van der Waals surface area (Å²) < 4.78 is 10.1. The van der Waals surface area contributed by atoms with Crippen LogP contribution in [0.25, 0.3) is 11.1 Å². The first kappa shape index (κ1) is 15.1. The Morgan fingerprint density at radius 2 is 2.36 bits per heavy atom. The van der Waals surface area contributed by atoms with Crippen LogP contribution in [-0.2, 0) is 9.53 Å². The topological polar surface area (TPSA) is 128 Å². The highest BCUT2D eigenvalue weighted by atomic mass is 16.5. The molecule has 1 aromatic heterocycles. The predicted molar refractivity (Wildman–Crippen MR) is 78.1 cm³/mol. The van der Waals surface area contributed by atoms with Gasteiger partial charge in [-0.25, -0.2) is 4.79 Å². The molecule has 8 heteroatoms. The highest BCUT2D eigenvalue weighted by Gasteiger charge is 2.12. The third kappa shape index (κ3) is 3.61. The number of para-hydroxylation sites is 2. The summed E-state index contributed by atoms with van der Waals surface area (Å²) in [5.41, 5.74) is 6.78. The Labute approximate surface area is 125 Å². The highest BCUT2D eigenvalue weighted by Crippen LogP contribution is 2.17. The summed E-state index contributed by atoms with van der Waals surface area (Å²) in [6.45, 7) is 1.83. The number of benzene rings is 1. The average Bonchev–Trinajstić information content (AvgIpc) is 2.90. The zero-order valence-corrected chi connectivity index (χ0v) is 11.8. The number of nitrogens with two attached hydrogens (primary N) is 1. The maximum atomic E-state index is 11.4. The molecule has 1 aromatic carbocycles. The number of guanidine groups is 1. The first-order valence-electron chi connectivity index (χ1n) is 6.43. The molecule has 0 unspecified atom stereocenters. The Bertz CT molecular complexity index is 752. The quantitative estimate of drug-likeness (QED) is 0.230. The Balaban J connectivity index is 2.12. The number of ether oxygens (including phenoxy) is 1. The fraction of sp³-hybridized carbons (Fsp3) is 0.143. The van der Waals surface area contributed by atoms with Crippen molar-refractivity contribution in [2.75, 3.05) is 11.9 Å². The van der Waals surface area contributed by atoms with E-state index < -0.39 is 5.97 Å². The zero-order chi connectivity index (χ0) is 15.9. The zero-order valence-electron chi connectivity index (χ0n) is 11.8. The molecular formula is C14H14N5O3+. The van der Waals surface area contributed by atoms with Gasteiger partial charge in [0.1, 0.15) is 11.6 Å². The summed E-state index contributed by atoms with van der Waals surface area (Å²) in [5, 5.41) is 11.5. The number of anilines is 1. The second-order valence-electron chi connectivity index (χ2n) is 4.06. The summed E-state index contributed by atoms with van der Waals surface area (Å²) in [6.07, 6.45) is 1.14. The maximum absolute atomic E-state index is 11.4. The van der Waals surface area contributed by atoms with Crippen molar-refractivity contribution in [2.45, 2.75) is 6.92 Å². The van der Waals surface area contributed by atoms with Gasteiger partial charge >= 0.3 is 17.9 Å². The lowest BCUT2D eigenvalue weighted by Gasteiger charge is -1.97. The molecule has 0 saturated carbocycles. The van der Waals surface area contributed by atoms with Crippen LogP contribution in [0.3, 0.4) is 0 Å². The number of carbonyl (C=O) groups is 1. The third-order valence-electron chi connectivity index (χ3n) is 2.52. The molecule has 0 radical (unpaired) electrons. The number of esters is 1. The standard InChI is InChI=1S/C14H13N5O3/c1-2-21-12(20)9(7-15)8-17-13(16)19-14-18-10-5-3-4-6-11(10)22-14/h3-6,8H,2H2,1H3,(H3,16,17,18,19)/p+1/b9-8+. The number of hydrogen-bond donors (Lipinski definition) is 3. The molecule has 0 aliphatic carbocycles. The molecule has 112 valence electrons. The second kappa shape index (κ2) is 6.90. The number of fused-ring (bicyclic) bond motifs is 1. The van der Waals surface area contributed by atoms with Gasteiger partial charge in [-0.1, -0.05) is 12.1 Å². The van der Waals surface area contributed by atoms with Crippen molar-refractivity contribution in [1.82, 2.24) is 4.98 Å². The van der Waals surface area contributed by atoms with E-state index in [2.05, 4.69) is 15.3 Å². The molecule has 0 atom stereocenters. The molecule has 4 N–H and O–H groups in total. The Hall–Kier alpha value is -3.34. The van der Waals surface area contributed by atoms with E-state index in [1.807, 2.05) is 12.1 Å². The predicted octanol–water partition coefficient (Wildman–Crippen LogP) is -0.394. The number of rotatable bonds is 4. The van der Waals surface area contributed by atoms with E-state index in [9.17, 15) is 4.79 Å². The molecule has 0 amide bonds. The maximum Gasteiger partial charge on any atom is 0.365 e. The fourth-order valence-electron chi connectivity index (χ4n) is 1.57. The molecule has 8 nitrogen and oxygen atoms in total. The Kier molecular flexibility index (Phi) is 4.72. The summed E-state index contributed by atoms with van der Waals surface area (Å²) in [5.74, 6) is -0.684. The number of hydrogen-bond acceptors (Lipinski definition) is 5. The van der Waals surface area contributed by atoms with Crippen LogP contribution in [0, 0.1) is 11.3 Å². The van der Waals surface area contributed by atoms with Crippen molar-refractivity contribution in [3.8, 4) is 6.07 Å². The van der Waals surface area contributed by atoms with Gasteiger partial charge in [-0.15, -0.1) is 0 Å². The van der Waals surface area contributed by atoms with Gasteiger partial charge in [0, 0.05) is 0 Å².